The molecule has 1 saturated heterocycles. The summed E-state index contributed by atoms with van der Waals surface area (Å²) in [5.41, 5.74) is 1.31. The van der Waals surface area contributed by atoms with Crippen LogP contribution in [0.5, 0.6) is 5.75 Å². The Morgan fingerprint density at radius 3 is 2.94 bits per heavy atom. The van der Waals surface area contributed by atoms with Crippen LogP contribution in [-0.2, 0) is 0 Å². The van der Waals surface area contributed by atoms with Gasteiger partial charge >= 0.3 is 0 Å². The molecular weight excluding hydrogens is 250 g/mol. The van der Waals surface area contributed by atoms with E-state index in [0.717, 1.165) is 31.4 Å². The highest BCUT2D eigenvalue weighted by Crippen LogP contribution is 2.25. The van der Waals surface area contributed by atoms with Gasteiger partial charge in [-0.1, -0.05) is 6.07 Å². The second-order valence-electron chi connectivity index (χ2n) is 4.82. The van der Waals surface area contributed by atoms with E-state index in [2.05, 4.69) is 0 Å². The fourth-order valence-corrected chi connectivity index (χ4v) is 2.73. The quantitative estimate of drug-likeness (QED) is 0.837. The Bertz CT molecular complexity index is 447. The zero-order valence-electron chi connectivity index (χ0n) is 10.5. The van der Waals surface area contributed by atoms with Crippen LogP contribution in [0.2, 0.25) is 0 Å². The minimum atomic E-state index is -0.113. The zero-order chi connectivity index (χ0) is 13.1. The topological polar surface area (TPSA) is 40.5 Å². The number of nitrogens with zero attached hydrogens (tertiary/aromatic N) is 1. The molecule has 0 aliphatic carbocycles. The Balaban J connectivity index is 2.24. The summed E-state index contributed by atoms with van der Waals surface area (Å²) in [6, 6.07) is 5.24. The molecule has 1 amide bonds. The SMILES string of the molecule is Cc1ccc(C(=O)N2CCCCC2CCl)c(O)c1. The Hall–Kier alpha value is -1.22. The molecule has 1 unspecified atom stereocenters. The van der Waals surface area contributed by atoms with E-state index in [1.54, 1.807) is 17.0 Å². The fourth-order valence-electron chi connectivity index (χ4n) is 2.41. The molecule has 0 radical (unpaired) electrons. The van der Waals surface area contributed by atoms with E-state index >= 15 is 0 Å². The lowest BCUT2D eigenvalue weighted by molar-refractivity contribution is 0.0636. The van der Waals surface area contributed by atoms with Gasteiger partial charge in [-0.05, 0) is 43.9 Å². The highest BCUT2D eigenvalue weighted by molar-refractivity contribution is 6.18. The summed E-state index contributed by atoms with van der Waals surface area (Å²) in [6.45, 7) is 2.61. The maximum Gasteiger partial charge on any atom is 0.257 e. The highest BCUT2D eigenvalue weighted by atomic mass is 35.5. The van der Waals surface area contributed by atoms with Crippen molar-refractivity contribution in [3.8, 4) is 5.75 Å². The third-order valence-electron chi connectivity index (χ3n) is 3.45. The summed E-state index contributed by atoms with van der Waals surface area (Å²) in [6.07, 6.45) is 3.06. The first kappa shape index (κ1) is 13.2. The molecule has 1 heterocycles. The number of phenols is 1. The Labute approximate surface area is 112 Å². The summed E-state index contributed by atoms with van der Waals surface area (Å²) >= 11 is 5.92. The lowest BCUT2D eigenvalue weighted by atomic mass is 10.0. The number of piperidine rings is 1. The van der Waals surface area contributed by atoms with Crippen LogP contribution in [-0.4, -0.2) is 34.4 Å². The van der Waals surface area contributed by atoms with Gasteiger partial charge in [-0.3, -0.25) is 4.79 Å². The standard InChI is InChI=1S/C14H18ClNO2/c1-10-5-6-12(13(17)8-10)14(18)16-7-3-2-4-11(16)9-15/h5-6,8,11,17H,2-4,7,9H2,1H3. The number of hydrogen-bond donors (Lipinski definition) is 1. The number of alkyl halides is 1. The summed E-state index contributed by atoms with van der Waals surface area (Å²) < 4.78 is 0. The number of aryl methyl sites for hydroxylation is 1. The summed E-state index contributed by atoms with van der Waals surface area (Å²) in [5.74, 6) is 0.398. The number of aromatic hydroxyl groups is 1. The number of amides is 1. The van der Waals surface area contributed by atoms with E-state index in [9.17, 15) is 9.90 Å². The molecule has 1 aromatic rings. The fraction of sp³-hybridized carbons (Fsp3) is 0.500. The van der Waals surface area contributed by atoms with Crippen LogP contribution in [0.25, 0.3) is 0 Å². The molecule has 2 rings (SSSR count). The van der Waals surface area contributed by atoms with E-state index < -0.39 is 0 Å². The Kier molecular flexibility index (Phi) is 4.12. The van der Waals surface area contributed by atoms with Crippen LogP contribution in [0, 0.1) is 6.92 Å². The predicted octanol–water partition coefficient (Wildman–Crippen LogP) is 2.93. The van der Waals surface area contributed by atoms with Crippen LogP contribution in [0.4, 0.5) is 0 Å². The van der Waals surface area contributed by atoms with E-state index in [0.29, 0.717) is 11.4 Å². The third kappa shape index (κ3) is 2.61. The number of phenolic OH excluding ortho intramolecular Hbond substituents is 1. The van der Waals surface area contributed by atoms with Crippen LogP contribution in [0.3, 0.4) is 0 Å². The monoisotopic (exact) mass is 267 g/mol. The number of hydrogen-bond acceptors (Lipinski definition) is 2. The van der Waals surface area contributed by atoms with Crippen molar-refractivity contribution in [3.63, 3.8) is 0 Å². The average molecular weight is 268 g/mol. The number of likely N-dealkylation sites (tertiary alicyclic amines) is 1. The van der Waals surface area contributed by atoms with E-state index in [1.165, 1.54) is 0 Å². The number of rotatable bonds is 2. The van der Waals surface area contributed by atoms with Gasteiger partial charge in [-0.15, -0.1) is 11.6 Å². The molecule has 0 bridgehead atoms. The van der Waals surface area contributed by atoms with Crippen molar-refractivity contribution in [2.45, 2.75) is 32.2 Å². The molecule has 3 nitrogen and oxygen atoms in total. The van der Waals surface area contributed by atoms with Gasteiger partial charge in [0, 0.05) is 18.5 Å². The van der Waals surface area contributed by atoms with Crippen LogP contribution in [0.15, 0.2) is 18.2 Å². The highest BCUT2D eigenvalue weighted by Gasteiger charge is 2.28. The van der Waals surface area contributed by atoms with E-state index in [-0.39, 0.29) is 17.7 Å². The maximum absolute atomic E-state index is 12.4. The predicted molar refractivity (Wildman–Crippen MR) is 72.2 cm³/mol. The lowest BCUT2D eigenvalue weighted by Crippen LogP contribution is -2.44. The maximum atomic E-state index is 12.4. The average Bonchev–Trinajstić information content (AvgIpc) is 2.38. The van der Waals surface area contributed by atoms with Gasteiger partial charge in [0.15, 0.2) is 0 Å². The number of carbonyl (C=O) groups excluding carboxylic acids is 1. The van der Waals surface area contributed by atoms with E-state index in [1.807, 2.05) is 13.0 Å². The molecule has 1 N–H and O–H groups in total. The minimum absolute atomic E-state index is 0.0545. The summed E-state index contributed by atoms with van der Waals surface area (Å²) in [4.78, 5) is 14.2. The van der Waals surface area contributed by atoms with Crippen molar-refractivity contribution >= 4 is 17.5 Å². The molecule has 0 spiro atoms. The van der Waals surface area contributed by atoms with Crippen molar-refractivity contribution < 1.29 is 9.90 Å². The number of carbonyl (C=O) groups is 1. The molecule has 98 valence electrons. The van der Waals surface area contributed by atoms with Crippen LogP contribution < -0.4 is 0 Å². The molecule has 0 aromatic heterocycles. The van der Waals surface area contributed by atoms with Gasteiger partial charge in [0.25, 0.3) is 5.91 Å². The smallest absolute Gasteiger partial charge is 0.257 e. The molecule has 1 aliphatic heterocycles. The molecule has 1 aromatic carbocycles. The molecule has 18 heavy (non-hydrogen) atoms. The first-order valence-corrected chi connectivity index (χ1v) is 6.83. The first-order valence-electron chi connectivity index (χ1n) is 6.30. The van der Waals surface area contributed by atoms with Crippen LogP contribution in [0.1, 0.15) is 35.2 Å². The lowest BCUT2D eigenvalue weighted by Gasteiger charge is -2.34. The Morgan fingerprint density at radius 1 is 1.50 bits per heavy atom. The van der Waals surface area contributed by atoms with Crippen molar-refractivity contribution in [3.05, 3.63) is 29.3 Å². The van der Waals surface area contributed by atoms with Gasteiger partial charge in [0.1, 0.15) is 5.75 Å². The van der Waals surface area contributed by atoms with Gasteiger partial charge in [0.2, 0.25) is 0 Å². The van der Waals surface area contributed by atoms with Crippen molar-refractivity contribution in [1.29, 1.82) is 0 Å². The summed E-state index contributed by atoms with van der Waals surface area (Å²) in [7, 11) is 0. The molecule has 1 fully saturated rings. The number of halogens is 1. The molecular formula is C14H18ClNO2. The van der Waals surface area contributed by atoms with Gasteiger partial charge in [-0.2, -0.15) is 0 Å². The normalized spacial score (nSPS) is 19.9. The van der Waals surface area contributed by atoms with Crippen molar-refractivity contribution in [1.82, 2.24) is 4.90 Å². The zero-order valence-corrected chi connectivity index (χ0v) is 11.3. The number of benzene rings is 1. The molecule has 1 atom stereocenters. The van der Waals surface area contributed by atoms with E-state index in [4.69, 9.17) is 11.6 Å². The van der Waals surface area contributed by atoms with Crippen molar-refractivity contribution in [2.75, 3.05) is 12.4 Å². The van der Waals surface area contributed by atoms with Gasteiger partial charge < -0.3 is 10.0 Å². The first-order chi connectivity index (χ1) is 8.63. The molecule has 1 aliphatic rings. The minimum Gasteiger partial charge on any atom is -0.507 e. The molecule has 4 heteroatoms. The van der Waals surface area contributed by atoms with Gasteiger partial charge in [-0.25, -0.2) is 0 Å². The largest absolute Gasteiger partial charge is 0.507 e. The molecule has 0 saturated carbocycles. The second-order valence-corrected chi connectivity index (χ2v) is 5.13. The van der Waals surface area contributed by atoms with Crippen LogP contribution >= 0.6 is 11.6 Å². The summed E-state index contributed by atoms with van der Waals surface area (Å²) in [5, 5.41) is 9.87. The third-order valence-corrected chi connectivity index (χ3v) is 3.81. The second kappa shape index (κ2) is 5.61. The van der Waals surface area contributed by atoms with Gasteiger partial charge in [0.05, 0.1) is 5.56 Å². The van der Waals surface area contributed by atoms with Crippen molar-refractivity contribution in [2.24, 2.45) is 0 Å². The Morgan fingerprint density at radius 2 is 2.28 bits per heavy atom.